The van der Waals surface area contributed by atoms with Gasteiger partial charge in [0.15, 0.2) is 0 Å². The molecule has 0 amide bonds. The summed E-state index contributed by atoms with van der Waals surface area (Å²) in [6.45, 7) is 22.5. The molecule has 40 heavy (non-hydrogen) atoms. The monoisotopic (exact) mass is 540 g/mol. The van der Waals surface area contributed by atoms with Crippen molar-refractivity contribution in [3.63, 3.8) is 0 Å². The van der Waals surface area contributed by atoms with Crippen LogP contribution in [-0.4, -0.2) is 0 Å². The Kier molecular flexibility index (Phi) is 17.2. The Labute approximate surface area is 249 Å². The van der Waals surface area contributed by atoms with Crippen LogP contribution in [0.4, 0.5) is 0 Å². The van der Waals surface area contributed by atoms with Crippen LogP contribution in [0, 0.1) is 5.41 Å². The van der Waals surface area contributed by atoms with E-state index in [-0.39, 0.29) is 0 Å². The van der Waals surface area contributed by atoms with Crippen molar-refractivity contribution in [2.75, 3.05) is 0 Å². The number of allylic oxidation sites excluding steroid dienone is 20. The summed E-state index contributed by atoms with van der Waals surface area (Å²) >= 11 is 0. The summed E-state index contributed by atoms with van der Waals surface area (Å²) in [6.07, 6.45) is 37.8. The quantitative estimate of drug-likeness (QED) is 0.143. The number of rotatable bonds is 15. The first-order chi connectivity index (χ1) is 18.9. The van der Waals surface area contributed by atoms with Crippen LogP contribution in [-0.2, 0) is 0 Å². The van der Waals surface area contributed by atoms with Crippen molar-refractivity contribution in [1.29, 1.82) is 0 Å². The predicted molar refractivity (Wildman–Crippen MR) is 184 cm³/mol. The Morgan fingerprint density at radius 1 is 0.650 bits per heavy atom. The van der Waals surface area contributed by atoms with E-state index in [2.05, 4.69) is 142 Å². The predicted octanol–water partition coefficient (Wildman–Crippen LogP) is 13.2. The van der Waals surface area contributed by atoms with Gasteiger partial charge in [0.1, 0.15) is 0 Å². The van der Waals surface area contributed by atoms with Gasteiger partial charge in [0.2, 0.25) is 0 Å². The molecule has 0 atom stereocenters. The molecule has 0 nitrogen and oxygen atoms in total. The fourth-order valence-corrected chi connectivity index (χ4v) is 5.08. The summed E-state index contributed by atoms with van der Waals surface area (Å²) in [7, 11) is 0. The zero-order valence-electron chi connectivity index (χ0n) is 27.8. The highest BCUT2D eigenvalue weighted by molar-refractivity contribution is 5.37. The third-order valence-corrected chi connectivity index (χ3v) is 7.78. The molecule has 0 saturated carbocycles. The second-order valence-electron chi connectivity index (χ2n) is 12.8. The average molecular weight is 541 g/mol. The van der Waals surface area contributed by atoms with E-state index in [4.69, 9.17) is 0 Å². The molecule has 0 aromatic heterocycles. The Balaban J connectivity index is 2.45. The minimum absolute atomic E-state index is 0.297. The highest BCUT2D eigenvalue weighted by Crippen LogP contribution is 2.40. The van der Waals surface area contributed by atoms with Gasteiger partial charge in [-0.05, 0) is 124 Å². The Bertz CT molecular complexity index is 1090. The molecule has 0 saturated heterocycles. The van der Waals surface area contributed by atoms with Crippen LogP contribution in [0.25, 0.3) is 0 Å². The maximum atomic E-state index is 2.42. The summed E-state index contributed by atoms with van der Waals surface area (Å²) < 4.78 is 0. The topological polar surface area (TPSA) is 0 Å². The van der Waals surface area contributed by atoms with Crippen molar-refractivity contribution in [2.24, 2.45) is 5.41 Å². The van der Waals surface area contributed by atoms with Crippen LogP contribution in [0.3, 0.4) is 0 Å². The van der Waals surface area contributed by atoms with Gasteiger partial charge < -0.3 is 0 Å². The van der Waals surface area contributed by atoms with Crippen molar-refractivity contribution in [3.05, 3.63) is 117 Å². The lowest BCUT2D eigenvalue weighted by Crippen LogP contribution is -2.19. The second-order valence-corrected chi connectivity index (χ2v) is 12.8. The molecule has 0 spiro atoms. The summed E-state index contributed by atoms with van der Waals surface area (Å²) in [4.78, 5) is 0. The molecule has 0 aromatic rings. The van der Waals surface area contributed by atoms with Crippen molar-refractivity contribution in [2.45, 2.75) is 127 Å². The van der Waals surface area contributed by atoms with Crippen LogP contribution in [0.2, 0.25) is 0 Å². The van der Waals surface area contributed by atoms with Crippen molar-refractivity contribution in [1.82, 2.24) is 0 Å². The zero-order valence-corrected chi connectivity index (χ0v) is 27.8. The van der Waals surface area contributed by atoms with Gasteiger partial charge in [0.05, 0.1) is 0 Å². The molecule has 1 aliphatic rings. The maximum Gasteiger partial charge on any atom is -0.0104 e. The smallest absolute Gasteiger partial charge is 0.0104 e. The fourth-order valence-electron chi connectivity index (χ4n) is 5.08. The zero-order chi connectivity index (χ0) is 30.0. The molecule has 1 rings (SSSR count). The van der Waals surface area contributed by atoms with Gasteiger partial charge >= 0.3 is 0 Å². The summed E-state index contributed by atoms with van der Waals surface area (Å²) in [5.41, 5.74) is 11.8. The Morgan fingerprint density at radius 2 is 1.18 bits per heavy atom. The largest absolute Gasteiger partial charge is 0.0856 e. The van der Waals surface area contributed by atoms with Gasteiger partial charge in [-0.25, -0.2) is 0 Å². The van der Waals surface area contributed by atoms with E-state index in [9.17, 15) is 0 Å². The van der Waals surface area contributed by atoms with Crippen LogP contribution < -0.4 is 0 Å². The fraction of sp³-hybridized carbons (Fsp3) is 0.500. The lowest BCUT2D eigenvalue weighted by molar-refractivity contribution is 0.377. The molecular formula is C40H60. The first kappa shape index (κ1) is 35.4. The third-order valence-electron chi connectivity index (χ3n) is 7.78. The van der Waals surface area contributed by atoms with Crippen LogP contribution in [0.5, 0.6) is 0 Å². The van der Waals surface area contributed by atoms with E-state index < -0.39 is 0 Å². The van der Waals surface area contributed by atoms with Gasteiger partial charge in [-0.1, -0.05) is 126 Å². The van der Waals surface area contributed by atoms with E-state index in [0.717, 1.165) is 25.7 Å². The van der Waals surface area contributed by atoms with E-state index in [1.54, 1.807) is 5.57 Å². The van der Waals surface area contributed by atoms with E-state index >= 15 is 0 Å². The van der Waals surface area contributed by atoms with E-state index in [1.807, 2.05) is 0 Å². The first-order valence-corrected chi connectivity index (χ1v) is 15.6. The molecule has 0 bridgehead atoms. The lowest BCUT2D eigenvalue weighted by atomic mass is 9.72. The number of hydrogen-bond donors (Lipinski definition) is 0. The molecule has 0 fully saturated rings. The molecule has 0 aromatic carbocycles. The van der Waals surface area contributed by atoms with Crippen LogP contribution in [0.15, 0.2) is 117 Å². The van der Waals surface area contributed by atoms with Crippen molar-refractivity contribution in [3.8, 4) is 0 Å². The summed E-state index contributed by atoms with van der Waals surface area (Å²) in [5, 5.41) is 0. The van der Waals surface area contributed by atoms with Gasteiger partial charge in [0.25, 0.3) is 0 Å². The highest BCUT2D eigenvalue weighted by atomic mass is 14.3. The highest BCUT2D eigenvalue weighted by Gasteiger charge is 2.26. The summed E-state index contributed by atoms with van der Waals surface area (Å²) in [6, 6.07) is 0. The SMILES string of the molecule is CC(C)=CCCC(C)=CCCC(C)=CCCC(C)=CC=CC=C(C)C=CC=C(C)C=CC1=C(C)CCCC1(C)C. The molecule has 0 unspecified atom stereocenters. The molecule has 0 N–H and O–H groups in total. The Morgan fingerprint density at radius 3 is 1.77 bits per heavy atom. The third kappa shape index (κ3) is 16.5. The minimum atomic E-state index is 0.297. The molecular weight excluding hydrogens is 480 g/mol. The van der Waals surface area contributed by atoms with Crippen molar-refractivity contribution < 1.29 is 0 Å². The summed E-state index contributed by atoms with van der Waals surface area (Å²) in [5.74, 6) is 0. The second kappa shape index (κ2) is 19.5. The van der Waals surface area contributed by atoms with Crippen LogP contribution in [0.1, 0.15) is 127 Å². The number of hydrogen-bond acceptors (Lipinski definition) is 0. The van der Waals surface area contributed by atoms with Gasteiger partial charge in [-0.2, -0.15) is 0 Å². The van der Waals surface area contributed by atoms with E-state index in [1.165, 1.54) is 71.1 Å². The lowest BCUT2D eigenvalue weighted by Gasteiger charge is -2.32. The molecule has 220 valence electrons. The maximum absolute atomic E-state index is 2.42. The van der Waals surface area contributed by atoms with Crippen molar-refractivity contribution >= 4 is 0 Å². The molecule has 0 aliphatic heterocycles. The normalized spacial score (nSPS) is 18.1. The molecule has 1 aliphatic carbocycles. The van der Waals surface area contributed by atoms with E-state index in [0.29, 0.717) is 5.41 Å². The first-order valence-electron chi connectivity index (χ1n) is 15.6. The Hall–Kier alpha value is -2.60. The molecule has 0 radical (unpaired) electrons. The molecule has 0 heteroatoms. The average Bonchev–Trinajstić information content (AvgIpc) is 2.85. The van der Waals surface area contributed by atoms with Gasteiger partial charge in [-0.15, -0.1) is 0 Å². The minimum Gasteiger partial charge on any atom is -0.0856 e. The van der Waals surface area contributed by atoms with Crippen LogP contribution >= 0.6 is 0 Å². The van der Waals surface area contributed by atoms with Gasteiger partial charge in [-0.3, -0.25) is 0 Å². The molecule has 0 heterocycles. The van der Waals surface area contributed by atoms with Gasteiger partial charge in [0, 0.05) is 0 Å². The standard InChI is InChI=1S/C40H60/c1-32(2)18-13-21-35(5)24-15-26-36(6)25-14-22-33(3)19-11-12-20-34(4)23-16-27-37(7)29-30-39-38(8)28-17-31-40(39,9)10/h11-12,16,18-20,23-25,27,29-30H,13-15,17,21-22,26,28,31H2,1-10H3.